The van der Waals surface area contributed by atoms with E-state index in [9.17, 15) is 14.0 Å². The summed E-state index contributed by atoms with van der Waals surface area (Å²) >= 11 is 0. The van der Waals surface area contributed by atoms with Gasteiger partial charge in [-0.1, -0.05) is 36.4 Å². The number of para-hydroxylation sites is 2. The summed E-state index contributed by atoms with van der Waals surface area (Å²) < 4.78 is 19.0. The molecular weight excluding hydrogens is 495 g/mol. The van der Waals surface area contributed by atoms with Crippen LogP contribution < -0.4 is 16.4 Å². The van der Waals surface area contributed by atoms with Gasteiger partial charge in [0.05, 0.1) is 30.0 Å². The topological polar surface area (TPSA) is 96.7 Å². The minimum Gasteiger partial charge on any atom is -0.397 e. The van der Waals surface area contributed by atoms with Gasteiger partial charge >= 0.3 is 0 Å². The Labute approximate surface area is 227 Å². The summed E-state index contributed by atoms with van der Waals surface area (Å²) in [4.78, 5) is 28.1. The van der Waals surface area contributed by atoms with E-state index in [2.05, 4.69) is 15.5 Å². The van der Waals surface area contributed by atoms with E-state index in [4.69, 9.17) is 10.5 Å². The van der Waals surface area contributed by atoms with Crippen LogP contribution in [-0.4, -0.2) is 48.6 Å². The third kappa shape index (κ3) is 6.90. The monoisotopic (exact) mass is 528 g/mol. The Balaban J connectivity index is 1.24. The average molecular weight is 529 g/mol. The molecule has 2 saturated heterocycles. The molecule has 202 valence electrons. The summed E-state index contributed by atoms with van der Waals surface area (Å²) in [6, 6.07) is 21.0. The van der Waals surface area contributed by atoms with Gasteiger partial charge in [0.25, 0.3) is 0 Å². The summed E-state index contributed by atoms with van der Waals surface area (Å²) in [6.45, 7) is 2.68. The molecule has 39 heavy (non-hydrogen) atoms. The van der Waals surface area contributed by atoms with Crippen LogP contribution in [0.5, 0.6) is 0 Å². The van der Waals surface area contributed by atoms with E-state index in [1.54, 1.807) is 42.5 Å². The van der Waals surface area contributed by atoms with Crippen molar-refractivity contribution < 1.29 is 18.7 Å². The third-order valence-electron chi connectivity index (χ3n) is 7.36. The molecule has 0 radical (unpaired) electrons. The lowest BCUT2D eigenvalue weighted by atomic mass is 9.92. The average Bonchev–Trinajstić information content (AvgIpc) is 3.57. The molecular formula is C31H33FN4O3. The zero-order valence-corrected chi connectivity index (χ0v) is 21.7. The Morgan fingerprint density at radius 2 is 1.82 bits per heavy atom. The molecule has 0 aliphatic carbocycles. The highest BCUT2D eigenvalue weighted by molar-refractivity contribution is 6.03. The molecule has 2 bridgehead atoms. The van der Waals surface area contributed by atoms with Gasteiger partial charge in [0, 0.05) is 24.4 Å². The molecule has 0 saturated carbocycles. The number of ether oxygens (including phenoxy) is 1. The number of likely N-dealkylation sites (tertiary alicyclic amines) is 1. The van der Waals surface area contributed by atoms with Crippen LogP contribution in [0.1, 0.15) is 36.3 Å². The molecule has 3 aromatic carbocycles. The van der Waals surface area contributed by atoms with E-state index < -0.39 is 0 Å². The van der Waals surface area contributed by atoms with Crippen molar-refractivity contribution in [3.05, 3.63) is 95.8 Å². The van der Waals surface area contributed by atoms with Gasteiger partial charge in [-0.3, -0.25) is 14.5 Å². The van der Waals surface area contributed by atoms with Crippen LogP contribution in [0, 0.1) is 5.82 Å². The molecule has 2 aliphatic heterocycles. The Morgan fingerprint density at radius 1 is 1.05 bits per heavy atom. The second-order valence-corrected chi connectivity index (χ2v) is 10.1. The van der Waals surface area contributed by atoms with Crippen molar-refractivity contribution in [2.75, 3.05) is 36.1 Å². The van der Waals surface area contributed by atoms with Crippen molar-refractivity contribution in [3.63, 3.8) is 0 Å². The second kappa shape index (κ2) is 12.2. The Bertz CT molecular complexity index is 1330. The zero-order chi connectivity index (χ0) is 27.2. The van der Waals surface area contributed by atoms with Gasteiger partial charge in [-0.05, 0) is 79.4 Å². The van der Waals surface area contributed by atoms with Crippen LogP contribution in [0.4, 0.5) is 21.5 Å². The number of nitrogens with one attached hydrogen (secondary N) is 2. The fourth-order valence-electron chi connectivity index (χ4n) is 5.26. The summed E-state index contributed by atoms with van der Waals surface area (Å²) in [5, 5.41) is 5.71. The predicted octanol–water partition coefficient (Wildman–Crippen LogP) is 5.04. The lowest BCUT2D eigenvalue weighted by Gasteiger charge is -2.27. The first kappa shape index (κ1) is 26.6. The standard InChI is InChI=1S/C31H33FN4O3/c32-23-12-14-24(15-13-23)34-31(38)27(4-3-17-36-19-26-18-25(36)20-39-26)22-10-7-21(8-11-22)9-16-30(37)35-29-6-2-1-5-28(29)33/h1-2,5-16,25-27H,3-4,17-20,33H2,(H,34,38)(H,35,37)/t25-,26-,27?/m0/s1. The number of hydrogen-bond acceptors (Lipinski definition) is 5. The van der Waals surface area contributed by atoms with E-state index in [0.29, 0.717) is 35.6 Å². The molecule has 1 unspecified atom stereocenters. The summed E-state index contributed by atoms with van der Waals surface area (Å²) in [5.74, 6) is -1.13. The first-order chi connectivity index (χ1) is 18.9. The SMILES string of the molecule is Nc1ccccc1NC(=O)C=Cc1ccc(C(CCCN2C[C@@H]3C[C@H]2CO3)C(=O)Nc2ccc(F)cc2)cc1. The molecule has 5 rings (SSSR count). The van der Waals surface area contributed by atoms with Crippen LogP contribution >= 0.6 is 0 Å². The van der Waals surface area contributed by atoms with Crippen LogP contribution in [0.3, 0.4) is 0 Å². The van der Waals surface area contributed by atoms with Gasteiger partial charge in [0.2, 0.25) is 11.8 Å². The Hall–Kier alpha value is -4.01. The molecule has 7 nitrogen and oxygen atoms in total. The number of carbonyl (C=O) groups is 2. The number of anilines is 3. The van der Waals surface area contributed by atoms with E-state index in [0.717, 1.165) is 43.7 Å². The summed E-state index contributed by atoms with van der Waals surface area (Å²) in [5.41, 5.74) is 9.23. The number of nitrogen functional groups attached to an aromatic ring is 1. The number of fused-ring (bicyclic) bond motifs is 2. The van der Waals surface area contributed by atoms with Crippen molar-refractivity contribution in [3.8, 4) is 0 Å². The number of amides is 2. The van der Waals surface area contributed by atoms with Gasteiger partial charge in [0.1, 0.15) is 5.82 Å². The van der Waals surface area contributed by atoms with Crippen LogP contribution in [0.25, 0.3) is 6.08 Å². The molecule has 3 aromatic rings. The molecule has 2 amide bonds. The minimum absolute atomic E-state index is 0.129. The lowest BCUT2D eigenvalue weighted by molar-refractivity contribution is -0.117. The number of halogens is 1. The van der Waals surface area contributed by atoms with Gasteiger partial charge in [0.15, 0.2) is 0 Å². The number of carbonyl (C=O) groups excluding carboxylic acids is 2. The fourth-order valence-corrected chi connectivity index (χ4v) is 5.26. The van der Waals surface area contributed by atoms with E-state index >= 15 is 0 Å². The molecule has 3 atom stereocenters. The van der Waals surface area contributed by atoms with Crippen molar-refractivity contribution >= 4 is 35.0 Å². The highest BCUT2D eigenvalue weighted by atomic mass is 19.1. The van der Waals surface area contributed by atoms with Crippen LogP contribution in [-0.2, 0) is 14.3 Å². The van der Waals surface area contributed by atoms with Crippen molar-refractivity contribution in [1.29, 1.82) is 0 Å². The highest BCUT2D eigenvalue weighted by Gasteiger charge is 2.38. The lowest BCUT2D eigenvalue weighted by Crippen LogP contribution is -2.37. The molecule has 8 heteroatoms. The number of hydrogen-bond donors (Lipinski definition) is 3. The smallest absolute Gasteiger partial charge is 0.248 e. The number of benzene rings is 3. The number of nitrogens with two attached hydrogens (primary N) is 1. The largest absolute Gasteiger partial charge is 0.397 e. The van der Waals surface area contributed by atoms with Crippen LogP contribution in [0.2, 0.25) is 0 Å². The molecule has 4 N–H and O–H groups in total. The van der Waals surface area contributed by atoms with Gasteiger partial charge in [-0.2, -0.15) is 0 Å². The number of nitrogens with zero attached hydrogens (tertiary/aromatic N) is 1. The summed E-state index contributed by atoms with van der Waals surface area (Å²) in [6.07, 6.45) is 6.16. The maximum atomic E-state index is 13.3. The maximum absolute atomic E-state index is 13.3. The first-order valence-electron chi connectivity index (χ1n) is 13.3. The minimum atomic E-state index is -0.367. The Morgan fingerprint density at radius 3 is 2.51 bits per heavy atom. The van der Waals surface area contributed by atoms with E-state index in [1.165, 1.54) is 18.2 Å². The van der Waals surface area contributed by atoms with E-state index in [1.807, 2.05) is 24.3 Å². The molecule has 2 aliphatic rings. The van der Waals surface area contributed by atoms with Gasteiger partial charge in [-0.25, -0.2) is 4.39 Å². The van der Waals surface area contributed by atoms with Crippen molar-refractivity contribution in [2.24, 2.45) is 0 Å². The molecule has 0 aromatic heterocycles. The fraction of sp³-hybridized carbons (Fsp3) is 0.290. The predicted molar refractivity (Wildman–Crippen MR) is 152 cm³/mol. The van der Waals surface area contributed by atoms with Crippen molar-refractivity contribution in [1.82, 2.24) is 4.90 Å². The second-order valence-electron chi connectivity index (χ2n) is 10.1. The number of rotatable bonds is 10. The maximum Gasteiger partial charge on any atom is 0.248 e. The van der Waals surface area contributed by atoms with E-state index in [-0.39, 0.29) is 23.5 Å². The van der Waals surface area contributed by atoms with Crippen LogP contribution in [0.15, 0.2) is 78.9 Å². The first-order valence-corrected chi connectivity index (χ1v) is 13.3. The highest BCUT2D eigenvalue weighted by Crippen LogP contribution is 2.30. The molecule has 2 fully saturated rings. The Kier molecular flexibility index (Phi) is 8.34. The normalized spacial score (nSPS) is 19.3. The summed E-state index contributed by atoms with van der Waals surface area (Å²) in [7, 11) is 0. The zero-order valence-electron chi connectivity index (χ0n) is 21.7. The van der Waals surface area contributed by atoms with Gasteiger partial charge in [-0.15, -0.1) is 0 Å². The number of morpholine rings is 1. The quantitative estimate of drug-likeness (QED) is 0.253. The third-order valence-corrected chi connectivity index (χ3v) is 7.36. The van der Waals surface area contributed by atoms with Gasteiger partial charge < -0.3 is 21.1 Å². The molecule has 2 heterocycles. The van der Waals surface area contributed by atoms with Crippen molar-refractivity contribution in [2.45, 2.75) is 37.3 Å². The molecule has 0 spiro atoms.